The summed E-state index contributed by atoms with van der Waals surface area (Å²) in [5.74, 6) is -1.44. The maximum atomic E-state index is 12.4. The average molecular weight is 483 g/mol. The van der Waals surface area contributed by atoms with E-state index in [9.17, 15) is 19.5 Å². The van der Waals surface area contributed by atoms with Gasteiger partial charge in [-0.3, -0.25) is 9.59 Å². The lowest BCUT2D eigenvalue weighted by Gasteiger charge is -2.11. The van der Waals surface area contributed by atoms with Crippen LogP contribution in [0.4, 0.5) is 0 Å². The Hall–Kier alpha value is -5.05. The molecule has 2 amide bonds. The molecule has 9 nitrogen and oxygen atoms in total. The van der Waals surface area contributed by atoms with E-state index in [1.165, 1.54) is 0 Å². The first-order valence-electron chi connectivity index (χ1n) is 11.0. The summed E-state index contributed by atoms with van der Waals surface area (Å²) in [5, 5.41) is 10.4. The minimum atomic E-state index is -1.14. The van der Waals surface area contributed by atoms with Crippen LogP contribution >= 0.6 is 0 Å². The van der Waals surface area contributed by atoms with Crippen LogP contribution in [0.3, 0.4) is 0 Å². The Bertz CT molecular complexity index is 1630. The molecule has 0 radical (unpaired) electrons. The first kappa shape index (κ1) is 22.7. The van der Waals surface area contributed by atoms with E-state index in [2.05, 4.69) is 0 Å². The van der Waals surface area contributed by atoms with Crippen LogP contribution < -0.4 is 16.2 Å². The Morgan fingerprint density at radius 1 is 0.889 bits per heavy atom. The fourth-order valence-electron chi connectivity index (χ4n) is 4.39. The molecule has 5 rings (SSSR count). The first-order valence-corrected chi connectivity index (χ1v) is 11.0. The lowest BCUT2D eigenvalue weighted by atomic mass is 10.0. The highest BCUT2D eigenvalue weighted by molar-refractivity contribution is 6.20. The minimum Gasteiger partial charge on any atom is -0.481 e. The number of aliphatic carboxylic acids is 1. The minimum absolute atomic E-state index is 0.280. The third kappa shape index (κ3) is 4.03. The molecule has 3 aromatic carbocycles. The molecule has 36 heavy (non-hydrogen) atoms. The molecule has 0 saturated carbocycles. The molecule has 0 aliphatic rings. The van der Waals surface area contributed by atoms with Crippen LogP contribution in [0.25, 0.3) is 33.1 Å². The van der Waals surface area contributed by atoms with Crippen LogP contribution in [0.1, 0.15) is 26.3 Å². The van der Waals surface area contributed by atoms with Crippen LogP contribution in [-0.4, -0.2) is 34.1 Å². The maximum absolute atomic E-state index is 12.4. The third-order valence-corrected chi connectivity index (χ3v) is 5.96. The zero-order valence-corrected chi connectivity index (χ0v) is 18.9. The van der Waals surface area contributed by atoms with Crippen molar-refractivity contribution < 1.29 is 28.6 Å². The second-order valence-electron chi connectivity index (χ2n) is 8.24. The molecule has 0 saturated heterocycles. The number of furan rings is 1. The molecule has 0 aliphatic carbocycles. The lowest BCUT2D eigenvalue weighted by Crippen LogP contribution is -2.12. The zero-order chi connectivity index (χ0) is 25.4. The predicted octanol–water partition coefficient (Wildman–Crippen LogP) is 3.76. The molecule has 9 heteroatoms. The summed E-state index contributed by atoms with van der Waals surface area (Å²) in [4.78, 5) is 35.2. The highest BCUT2D eigenvalue weighted by Crippen LogP contribution is 2.41. The second-order valence-corrected chi connectivity index (χ2v) is 8.24. The van der Waals surface area contributed by atoms with Gasteiger partial charge in [-0.2, -0.15) is 0 Å². The van der Waals surface area contributed by atoms with Gasteiger partial charge < -0.3 is 30.3 Å². The fraction of sp³-hybridized carbons (Fsp3) is 0.0741. The molecule has 2 aromatic heterocycles. The van der Waals surface area contributed by atoms with Gasteiger partial charge in [-0.15, -0.1) is 0 Å². The number of carboxylic acids is 1. The summed E-state index contributed by atoms with van der Waals surface area (Å²) in [6.07, 6.45) is 1.54. The number of rotatable bonds is 8. The number of ether oxygens (including phenoxy) is 1. The largest absolute Gasteiger partial charge is 0.481 e. The molecule has 0 atom stereocenters. The van der Waals surface area contributed by atoms with Gasteiger partial charge in [0.1, 0.15) is 11.5 Å². The molecule has 180 valence electrons. The monoisotopic (exact) mass is 483 g/mol. The summed E-state index contributed by atoms with van der Waals surface area (Å²) < 4.78 is 13.3. The van der Waals surface area contributed by atoms with Gasteiger partial charge in [0, 0.05) is 28.6 Å². The smallest absolute Gasteiger partial charge is 0.341 e. The van der Waals surface area contributed by atoms with E-state index in [4.69, 9.17) is 20.6 Å². The van der Waals surface area contributed by atoms with Crippen molar-refractivity contribution in [3.63, 3.8) is 0 Å². The number of aromatic nitrogens is 1. The van der Waals surface area contributed by atoms with Gasteiger partial charge >= 0.3 is 5.97 Å². The molecular weight excluding hydrogens is 462 g/mol. The Balaban J connectivity index is 1.81. The molecule has 5 N–H and O–H groups in total. The Labute approximate surface area is 204 Å². The number of carbonyl (C=O) groups is 3. The highest BCUT2D eigenvalue weighted by Gasteiger charge is 2.22. The first-order chi connectivity index (χ1) is 17.3. The average Bonchev–Trinajstić information content (AvgIpc) is 3.50. The van der Waals surface area contributed by atoms with Crippen LogP contribution in [-0.2, 0) is 11.3 Å². The van der Waals surface area contributed by atoms with Crippen molar-refractivity contribution in [3.05, 3.63) is 89.7 Å². The summed E-state index contributed by atoms with van der Waals surface area (Å²) >= 11 is 0. The Morgan fingerprint density at radius 2 is 1.67 bits per heavy atom. The fourth-order valence-corrected chi connectivity index (χ4v) is 4.39. The number of fused-ring (bicyclic) bond motifs is 3. The summed E-state index contributed by atoms with van der Waals surface area (Å²) in [6.45, 7) is -0.196. The van der Waals surface area contributed by atoms with Crippen LogP contribution in [0.5, 0.6) is 5.75 Å². The molecule has 0 bridgehead atoms. The van der Waals surface area contributed by atoms with E-state index in [1.54, 1.807) is 60.9 Å². The van der Waals surface area contributed by atoms with E-state index in [0.717, 1.165) is 5.56 Å². The number of hydrogen-bond acceptors (Lipinski definition) is 5. The molecule has 5 aromatic rings. The van der Waals surface area contributed by atoms with Gasteiger partial charge in [0.2, 0.25) is 11.8 Å². The normalized spacial score (nSPS) is 11.1. The van der Waals surface area contributed by atoms with E-state index in [0.29, 0.717) is 45.2 Å². The molecule has 2 heterocycles. The molecule has 0 spiro atoms. The standard InChI is InChI=1S/C27H21N3O6/c28-26(33)16-8-6-15(7-9-16)13-30-19-4-1-3-18(27(29)34)24(19)25-20(30)11-17(21-5-2-10-35-21)12-22(25)36-14-23(31)32/h1-12H,13-14H2,(H2,28,33)(H2,29,34)(H,31,32). The predicted molar refractivity (Wildman–Crippen MR) is 133 cm³/mol. The van der Waals surface area contributed by atoms with Gasteiger partial charge in [0.15, 0.2) is 6.61 Å². The van der Waals surface area contributed by atoms with Crippen LogP contribution in [0.15, 0.2) is 77.4 Å². The number of primary amides is 2. The number of benzene rings is 3. The number of amides is 2. The molecular formula is C27H21N3O6. The molecule has 0 aliphatic heterocycles. The van der Waals surface area contributed by atoms with Gasteiger partial charge in [0.05, 0.1) is 22.7 Å². The van der Waals surface area contributed by atoms with Crippen molar-refractivity contribution in [1.29, 1.82) is 0 Å². The Kier molecular flexibility index (Phi) is 5.65. The maximum Gasteiger partial charge on any atom is 0.341 e. The van der Waals surface area contributed by atoms with Crippen molar-refractivity contribution in [2.45, 2.75) is 6.54 Å². The van der Waals surface area contributed by atoms with Crippen molar-refractivity contribution >= 4 is 39.6 Å². The summed E-state index contributed by atoms with van der Waals surface area (Å²) in [5.41, 5.74) is 14.7. The van der Waals surface area contributed by atoms with E-state index >= 15 is 0 Å². The number of hydrogen-bond donors (Lipinski definition) is 3. The van der Waals surface area contributed by atoms with Crippen molar-refractivity contribution in [2.75, 3.05) is 6.61 Å². The van der Waals surface area contributed by atoms with Crippen molar-refractivity contribution in [2.24, 2.45) is 11.5 Å². The van der Waals surface area contributed by atoms with Gasteiger partial charge in [0.25, 0.3) is 0 Å². The zero-order valence-electron chi connectivity index (χ0n) is 18.9. The lowest BCUT2D eigenvalue weighted by molar-refractivity contribution is -0.139. The third-order valence-electron chi connectivity index (χ3n) is 5.96. The van der Waals surface area contributed by atoms with E-state index in [1.807, 2.05) is 16.7 Å². The second kappa shape index (κ2) is 8.95. The number of carbonyl (C=O) groups excluding carboxylic acids is 2. The number of carboxylic acid groups (broad SMARTS) is 1. The van der Waals surface area contributed by atoms with E-state index < -0.39 is 24.4 Å². The SMILES string of the molecule is NC(=O)c1ccc(Cn2c3cc(-c4ccco4)cc(OCC(=O)O)c3c3c(C(N)=O)cccc32)cc1. The van der Waals surface area contributed by atoms with Gasteiger partial charge in [-0.1, -0.05) is 18.2 Å². The topological polar surface area (TPSA) is 151 Å². The molecule has 0 fully saturated rings. The number of nitrogens with two attached hydrogens (primary N) is 2. The summed E-state index contributed by atoms with van der Waals surface area (Å²) in [7, 11) is 0. The molecule has 0 unspecified atom stereocenters. The number of nitrogens with zero attached hydrogens (tertiary/aromatic N) is 1. The summed E-state index contributed by atoms with van der Waals surface area (Å²) in [6, 6.07) is 19.2. The van der Waals surface area contributed by atoms with Crippen LogP contribution in [0, 0.1) is 0 Å². The van der Waals surface area contributed by atoms with Crippen LogP contribution in [0.2, 0.25) is 0 Å². The van der Waals surface area contributed by atoms with E-state index in [-0.39, 0.29) is 11.3 Å². The Morgan fingerprint density at radius 3 is 2.31 bits per heavy atom. The quantitative estimate of drug-likeness (QED) is 0.306. The van der Waals surface area contributed by atoms with Gasteiger partial charge in [-0.05, 0) is 54.1 Å². The highest BCUT2D eigenvalue weighted by atomic mass is 16.5. The van der Waals surface area contributed by atoms with Crippen molar-refractivity contribution in [3.8, 4) is 17.1 Å². The van der Waals surface area contributed by atoms with Crippen molar-refractivity contribution in [1.82, 2.24) is 4.57 Å². The van der Waals surface area contributed by atoms with Gasteiger partial charge in [-0.25, -0.2) is 4.79 Å².